The monoisotopic (exact) mass is 463 g/mol. The van der Waals surface area contributed by atoms with Crippen LogP contribution in [0.3, 0.4) is 0 Å². The molecule has 2 fully saturated rings. The third-order valence-corrected chi connectivity index (χ3v) is 7.34. The fourth-order valence-corrected chi connectivity index (χ4v) is 5.66. The largest absolute Gasteiger partial charge is 0.290 e. The Balaban J connectivity index is 1.58. The number of para-hydroxylation sites is 1. The molecule has 1 aromatic heterocycles. The lowest BCUT2D eigenvalue weighted by molar-refractivity contribution is -0.123. The van der Waals surface area contributed by atoms with Crippen molar-refractivity contribution in [3.05, 3.63) is 76.6 Å². The van der Waals surface area contributed by atoms with Gasteiger partial charge in [-0.1, -0.05) is 67.2 Å². The summed E-state index contributed by atoms with van der Waals surface area (Å²) in [6, 6.07) is 15.0. The van der Waals surface area contributed by atoms with Gasteiger partial charge in [-0.05, 0) is 49.6 Å². The van der Waals surface area contributed by atoms with E-state index in [4.69, 9.17) is 17.3 Å². The molecule has 3 aromatic rings. The van der Waals surface area contributed by atoms with Crippen LogP contribution in [0.4, 0.5) is 4.39 Å². The number of nitrogens with zero attached hydrogens (tertiary/aromatic N) is 3. The number of carbonyl (C=O) groups is 1. The fourth-order valence-electron chi connectivity index (χ4n) is 4.27. The van der Waals surface area contributed by atoms with Crippen molar-refractivity contribution in [1.82, 2.24) is 14.7 Å². The molecule has 0 unspecified atom stereocenters. The zero-order valence-electron chi connectivity index (χ0n) is 17.6. The van der Waals surface area contributed by atoms with Crippen LogP contribution < -0.4 is 0 Å². The van der Waals surface area contributed by atoms with Crippen LogP contribution in [-0.4, -0.2) is 30.9 Å². The number of aromatic nitrogens is 2. The highest BCUT2D eigenvalue weighted by Gasteiger charge is 2.38. The van der Waals surface area contributed by atoms with Crippen molar-refractivity contribution in [3.63, 3.8) is 0 Å². The third-order valence-electron chi connectivity index (χ3n) is 6.01. The number of halogens is 1. The van der Waals surface area contributed by atoms with Crippen LogP contribution in [0.15, 0.2) is 59.6 Å². The molecule has 1 aliphatic heterocycles. The molecule has 7 heteroatoms. The minimum absolute atomic E-state index is 0.0413. The molecule has 32 heavy (non-hydrogen) atoms. The first-order valence-corrected chi connectivity index (χ1v) is 11.9. The number of amides is 1. The van der Waals surface area contributed by atoms with Crippen LogP contribution in [0.25, 0.3) is 23.0 Å². The average Bonchev–Trinajstić information content (AvgIpc) is 3.51. The summed E-state index contributed by atoms with van der Waals surface area (Å²) in [7, 11) is 0. The van der Waals surface area contributed by atoms with Gasteiger partial charge in [-0.2, -0.15) is 5.10 Å². The third kappa shape index (κ3) is 3.91. The van der Waals surface area contributed by atoms with E-state index >= 15 is 0 Å². The topological polar surface area (TPSA) is 38.1 Å². The van der Waals surface area contributed by atoms with Gasteiger partial charge in [-0.3, -0.25) is 9.69 Å². The number of benzene rings is 2. The minimum atomic E-state index is -0.282. The Bertz CT molecular complexity index is 1230. The maximum Gasteiger partial charge on any atom is 0.266 e. The Kier molecular flexibility index (Phi) is 5.69. The maximum atomic E-state index is 14.3. The van der Waals surface area contributed by atoms with Crippen molar-refractivity contribution in [2.24, 2.45) is 0 Å². The zero-order valence-corrected chi connectivity index (χ0v) is 19.3. The Morgan fingerprint density at radius 3 is 2.62 bits per heavy atom. The highest BCUT2D eigenvalue weighted by molar-refractivity contribution is 8.26. The molecule has 5 rings (SSSR count). The van der Waals surface area contributed by atoms with Crippen LogP contribution in [0.2, 0.25) is 0 Å². The number of thiocarbonyl (C=S) groups is 1. The van der Waals surface area contributed by atoms with Crippen LogP contribution in [0, 0.1) is 12.7 Å². The molecule has 0 N–H and O–H groups in total. The summed E-state index contributed by atoms with van der Waals surface area (Å²) in [6.45, 7) is 1.73. The average molecular weight is 464 g/mol. The van der Waals surface area contributed by atoms with Gasteiger partial charge in [0.15, 0.2) is 0 Å². The first-order chi connectivity index (χ1) is 15.5. The number of rotatable bonds is 4. The molecule has 0 bridgehead atoms. The summed E-state index contributed by atoms with van der Waals surface area (Å²) in [5, 5.41) is 4.74. The lowest BCUT2D eigenvalue weighted by Crippen LogP contribution is -2.36. The summed E-state index contributed by atoms with van der Waals surface area (Å²) in [5.74, 6) is -0.323. The molecule has 1 saturated heterocycles. The van der Waals surface area contributed by atoms with Gasteiger partial charge in [0.25, 0.3) is 5.91 Å². The second-order valence-corrected chi connectivity index (χ2v) is 9.84. The van der Waals surface area contributed by atoms with Crippen molar-refractivity contribution >= 4 is 40.3 Å². The Morgan fingerprint density at radius 1 is 1.16 bits per heavy atom. The minimum Gasteiger partial charge on any atom is -0.290 e. The number of hydrogen-bond donors (Lipinski definition) is 0. The van der Waals surface area contributed by atoms with Crippen LogP contribution >= 0.6 is 24.0 Å². The van der Waals surface area contributed by atoms with E-state index in [9.17, 15) is 9.18 Å². The van der Waals surface area contributed by atoms with Crippen molar-refractivity contribution < 1.29 is 9.18 Å². The van der Waals surface area contributed by atoms with Crippen LogP contribution in [0.1, 0.15) is 36.8 Å². The van der Waals surface area contributed by atoms with Gasteiger partial charge >= 0.3 is 0 Å². The molecule has 1 saturated carbocycles. The highest BCUT2D eigenvalue weighted by Crippen LogP contribution is 2.39. The molecule has 1 amide bonds. The predicted molar refractivity (Wildman–Crippen MR) is 131 cm³/mol. The summed E-state index contributed by atoms with van der Waals surface area (Å²) in [5.41, 5.74) is 3.51. The highest BCUT2D eigenvalue weighted by atomic mass is 32.2. The Hall–Kier alpha value is -2.77. The first kappa shape index (κ1) is 21.1. The van der Waals surface area contributed by atoms with E-state index in [0.717, 1.165) is 36.9 Å². The van der Waals surface area contributed by atoms with E-state index in [1.54, 1.807) is 22.6 Å². The van der Waals surface area contributed by atoms with Crippen LogP contribution in [-0.2, 0) is 4.79 Å². The molecule has 0 spiro atoms. The van der Waals surface area contributed by atoms with Gasteiger partial charge < -0.3 is 0 Å². The molecule has 2 heterocycles. The van der Waals surface area contributed by atoms with Gasteiger partial charge in [-0.25, -0.2) is 9.07 Å². The Morgan fingerprint density at radius 2 is 1.91 bits per heavy atom. The molecular weight excluding hydrogens is 441 g/mol. The van der Waals surface area contributed by atoms with Crippen molar-refractivity contribution in [3.8, 4) is 16.9 Å². The second kappa shape index (κ2) is 8.64. The lowest BCUT2D eigenvalue weighted by Gasteiger charge is -2.21. The summed E-state index contributed by atoms with van der Waals surface area (Å²) < 4.78 is 16.7. The number of thioether (sulfide) groups is 1. The number of hydrogen-bond acceptors (Lipinski definition) is 4. The molecule has 4 nitrogen and oxygen atoms in total. The summed E-state index contributed by atoms with van der Waals surface area (Å²) in [6.07, 6.45) is 7.99. The number of carbonyl (C=O) groups excluding carboxylic acids is 1. The molecule has 0 radical (unpaired) electrons. The zero-order chi connectivity index (χ0) is 22.2. The fraction of sp³-hybridized carbons (Fsp3) is 0.240. The first-order valence-electron chi connectivity index (χ1n) is 10.7. The van der Waals surface area contributed by atoms with Crippen molar-refractivity contribution in [2.75, 3.05) is 0 Å². The molecule has 0 atom stereocenters. The van der Waals surface area contributed by atoms with Gasteiger partial charge in [-0.15, -0.1) is 0 Å². The summed E-state index contributed by atoms with van der Waals surface area (Å²) >= 11 is 6.88. The van der Waals surface area contributed by atoms with E-state index in [0.29, 0.717) is 26.0 Å². The molecule has 1 aliphatic carbocycles. The van der Waals surface area contributed by atoms with E-state index in [2.05, 4.69) is 0 Å². The van der Waals surface area contributed by atoms with Crippen molar-refractivity contribution in [2.45, 2.75) is 38.6 Å². The second-order valence-electron chi connectivity index (χ2n) is 8.17. The quantitative estimate of drug-likeness (QED) is 0.345. The Labute approximate surface area is 196 Å². The van der Waals surface area contributed by atoms with Gasteiger partial charge in [0.2, 0.25) is 0 Å². The van der Waals surface area contributed by atoms with Gasteiger partial charge in [0, 0.05) is 23.4 Å². The van der Waals surface area contributed by atoms with E-state index < -0.39 is 0 Å². The lowest BCUT2D eigenvalue weighted by atomic mass is 10.1. The van der Waals surface area contributed by atoms with Gasteiger partial charge in [0.05, 0.1) is 10.6 Å². The standard InChI is InChI=1S/C25H22FN3OS2/c1-16-11-12-17(13-21(16)26)23-18(15-28(27-23)19-7-3-2-4-8-19)14-22-24(30)29(25(31)32-22)20-9-5-6-10-20/h2-4,7-8,11-15,20H,5-6,9-10H2,1H3/b22-14-. The van der Waals surface area contributed by atoms with E-state index in [1.165, 1.54) is 17.8 Å². The normalized spacial score (nSPS) is 18.3. The molecular formula is C25H22FN3OS2. The smallest absolute Gasteiger partial charge is 0.266 e. The van der Waals surface area contributed by atoms with E-state index in [1.807, 2.05) is 48.7 Å². The SMILES string of the molecule is Cc1ccc(-c2nn(-c3ccccc3)cc2/C=C2\SC(=S)N(C3CCCC3)C2=O)cc1F. The molecule has 2 aliphatic rings. The van der Waals surface area contributed by atoms with Gasteiger partial charge in [0.1, 0.15) is 15.8 Å². The predicted octanol–water partition coefficient (Wildman–Crippen LogP) is 6.13. The number of aryl methyl sites for hydroxylation is 1. The maximum absolute atomic E-state index is 14.3. The van der Waals surface area contributed by atoms with Crippen LogP contribution in [0.5, 0.6) is 0 Å². The molecule has 162 valence electrons. The molecule has 2 aromatic carbocycles. The van der Waals surface area contributed by atoms with Crippen molar-refractivity contribution in [1.29, 1.82) is 0 Å². The summed E-state index contributed by atoms with van der Waals surface area (Å²) in [4.78, 5) is 15.6. The van der Waals surface area contributed by atoms with E-state index in [-0.39, 0.29) is 17.8 Å².